The Morgan fingerprint density at radius 3 is 2.44 bits per heavy atom. The molecule has 0 aliphatic carbocycles. The second-order valence-corrected chi connectivity index (χ2v) is 7.96. The average Bonchev–Trinajstić information content (AvgIpc) is 2.62. The number of benzene rings is 1. The first-order chi connectivity index (χ1) is 12.8. The number of allylic oxidation sites excluding steroid dienone is 1. The Hall–Kier alpha value is -2.17. The quantitative estimate of drug-likeness (QED) is 0.352. The lowest BCUT2D eigenvalue weighted by Crippen LogP contribution is -2.53. The van der Waals surface area contributed by atoms with Gasteiger partial charge >= 0.3 is 0 Å². The zero-order valence-corrected chi connectivity index (χ0v) is 16.6. The molecule has 0 spiro atoms. The van der Waals surface area contributed by atoms with E-state index in [1.54, 1.807) is 36.7 Å². The van der Waals surface area contributed by atoms with Crippen molar-refractivity contribution in [2.75, 3.05) is 5.32 Å². The monoisotopic (exact) mass is 443 g/mol. The Bertz CT molecular complexity index is 844. The van der Waals surface area contributed by atoms with Crippen molar-refractivity contribution in [1.82, 2.24) is 15.6 Å². The van der Waals surface area contributed by atoms with Gasteiger partial charge in [0.25, 0.3) is 5.91 Å². The lowest BCUT2D eigenvalue weighted by Gasteiger charge is -2.28. The van der Waals surface area contributed by atoms with Crippen molar-refractivity contribution in [3.05, 3.63) is 71.3 Å². The van der Waals surface area contributed by atoms with Crippen molar-refractivity contribution >= 4 is 58.0 Å². The molecule has 0 radical (unpaired) electrons. The minimum atomic E-state index is -1.91. The molecule has 0 aliphatic heterocycles. The summed E-state index contributed by atoms with van der Waals surface area (Å²) in [6.07, 6.45) is 3.17. The summed E-state index contributed by atoms with van der Waals surface area (Å²) >= 11 is 23.8. The number of hydrogen-bond acceptors (Lipinski definition) is 5. The Balaban J connectivity index is 2.17. The summed E-state index contributed by atoms with van der Waals surface area (Å²) in [6, 6.07) is 11.5. The number of nitrogens with one attached hydrogen (secondary N) is 3. The molecular weight excluding hydrogens is 432 g/mol. The molecule has 140 valence electrons. The van der Waals surface area contributed by atoms with Gasteiger partial charge in [-0.3, -0.25) is 9.78 Å². The van der Waals surface area contributed by atoms with Crippen LogP contribution >= 0.6 is 46.4 Å². The molecule has 1 atom stereocenters. The molecule has 3 N–H and O–H groups in total. The molecule has 0 aliphatic rings. The lowest BCUT2D eigenvalue weighted by molar-refractivity contribution is 0.0932. The van der Waals surface area contributed by atoms with Gasteiger partial charge in [-0.1, -0.05) is 46.4 Å². The fraction of sp³-hybridized carbons (Fsp3) is 0.118. The summed E-state index contributed by atoms with van der Waals surface area (Å²) in [5.41, 5.74) is 0.921. The van der Waals surface area contributed by atoms with E-state index in [4.69, 9.17) is 51.7 Å². The molecule has 0 saturated heterocycles. The highest BCUT2D eigenvalue weighted by Gasteiger charge is 2.34. The van der Waals surface area contributed by atoms with Gasteiger partial charge in [0.1, 0.15) is 12.0 Å². The summed E-state index contributed by atoms with van der Waals surface area (Å²) < 4.78 is -1.91. The van der Waals surface area contributed by atoms with Gasteiger partial charge in [-0.05, 0) is 36.4 Å². The van der Waals surface area contributed by atoms with E-state index in [1.165, 1.54) is 18.2 Å². The average molecular weight is 445 g/mol. The maximum Gasteiger partial charge on any atom is 0.252 e. The topological polar surface area (TPSA) is 89.8 Å². The molecular formula is C17H13Cl4N5O. The molecule has 0 bridgehead atoms. The van der Waals surface area contributed by atoms with Crippen molar-refractivity contribution in [2.45, 2.75) is 9.96 Å². The van der Waals surface area contributed by atoms with Crippen LogP contribution in [0.3, 0.4) is 0 Å². The van der Waals surface area contributed by atoms with Crippen LogP contribution in [-0.2, 0) is 0 Å². The van der Waals surface area contributed by atoms with Crippen molar-refractivity contribution in [2.24, 2.45) is 0 Å². The molecule has 1 unspecified atom stereocenters. The number of amides is 1. The number of halogens is 4. The number of rotatable bonds is 6. The first-order valence-corrected chi connectivity index (χ1v) is 8.97. The van der Waals surface area contributed by atoms with Crippen molar-refractivity contribution < 1.29 is 4.79 Å². The van der Waals surface area contributed by atoms with Gasteiger partial charge in [0, 0.05) is 16.8 Å². The Kier molecular flexibility index (Phi) is 7.57. The highest BCUT2D eigenvalue weighted by atomic mass is 35.6. The number of carbonyl (C=O) groups excluding carboxylic acids is 1. The molecule has 1 aromatic heterocycles. The number of nitriles is 1. The lowest BCUT2D eigenvalue weighted by atomic mass is 10.2. The van der Waals surface area contributed by atoms with Crippen LogP contribution in [0.15, 0.2) is 60.7 Å². The van der Waals surface area contributed by atoms with E-state index in [-0.39, 0.29) is 5.82 Å². The highest BCUT2D eigenvalue weighted by Crippen LogP contribution is 2.30. The number of anilines is 1. The normalized spacial score (nSPS) is 12.6. The summed E-state index contributed by atoms with van der Waals surface area (Å²) in [4.78, 5) is 16.4. The standard InChI is InChI=1S/C17H13Cl4N5O/c18-12-5-3-11(4-6-12)15(27)26-16(17(19,20)21)25-14(7-8-22)24-13-2-1-9-23-10-13/h1-7,9-10,16,24-25H,(H,26,27). The Labute approximate surface area is 176 Å². The number of hydrogen-bond donors (Lipinski definition) is 3. The first-order valence-electron chi connectivity index (χ1n) is 7.46. The van der Waals surface area contributed by atoms with Crippen LogP contribution in [0, 0.1) is 11.3 Å². The van der Waals surface area contributed by atoms with E-state index in [2.05, 4.69) is 20.9 Å². The van der Waals surface area contributed by atoms with Crippen LogP contribution in [0.4, 0.5) is 5.69 Å². The third kappa shape index (κ3) is 6.81. The van der Waals surface area contributed by atoms with Crippen molar-refractivity contribution in [1.29, 1.82) is 5.26 Å². The van der Waals surface area contributed by atoms with E-state index in [1.807, 2.05) is 6.07 Å². The predicted molar refractivity (Wildman–Crippen MR) is 108 cm³/mol. The zero-order chi connectivity index (χ0) is 19.9. The minimum absolute atomic E-state index is 0.207. The van der Waals surface area contributed by atoms with Gasteiger partial charge in [-0.2, -0.15) is 5.26 Å². The van der Waals surface area contributed by atoms with Gasteiger partial charge in [0.15, 0.2) is 0 Å². The highest BCUT2D eigenvalue weighted by molar-refractivity contribution is 6.68. The zero-order valence-electron chi connectivity index (χ0n) is 13.6. The van der Waals surface area contributed by atoms with Gasteiger partial charge in [-0.15, -0.1) is 0 Å². The largest absolute Gasteiger partial charge is 0.347 e. The third-order valence-electron chi connectivity index (χ3n) is 3.16. The predicted octanol–water partition coefficient (Wildman–Crippen LogP) is 4.23. The van der Waals surface area contributed by atoms with Gasteiger partial charge in [0.2, 0.25) is 3.79 Å². The van der Waals surface area contributed by atoms with Gasteiger partial charge < -0.3 is 16.0 Å². The number of nitrogens with zero attached hydrogens (tertiary/aromatic N) is 2. The number of carbonyl (C=O) groups is 1. The van der Waals surface area contributed by atoms with Crippen molar-refractivity contribution in [3.63, 3.8) is 0 Å². The maximum atomic E-state index is 12.4. The molecule has 27 heavy (non-hydrogen) atoms. The van der Waals surface area contributed by atoms with E-state index in [0.29, 0.717) is 16.3 Å². The van der Waals surface area contributed by atoms with Gasteiger partial charge in [0.05, 0.1) is 24.0 Å². The number of aromatic nitrogens is 1. The second-order valence-electron chi connectivity index (χ2n) is 5.15. The van der Waals surface area contributed by atoms with Gasteiger partial charge in [-0.25, -0.2) is 0 Å². The number of pyridine rings is 1. The van der Waals surface area contributed by atoms with E-state index < -0.39 is 15.9 Å². The van der Waals surface area contributed by atoms with E-state index in [0.717, 1.165) is 0 Å². The Morgan fingerprint density at radius 1 is 1.19 bits per heavy atom. The van der Waals surface area contributed by atoms with Crippen LogP contribution < -0.4 is 16.0 Å². The molecule has 6 nitrogen and oxygen atoms in total. The summed E-state index contributed by atoms with van der Waals surface area (Å²) in [6.45, 7) is 0. The van der Waals surface area contributed by atoms with Crippen LogP contribution in [-0.4, -0.2) is 20.8 Å². The first kappa shape index (κ1) is 21.1. The molecule has 2 aromatic rings. The van der Waals surface area contributed by atoms with Crippen LogP contribution in [0.25, 0.3) is 0 Å². The molecule has 1 heterocycles. The molecule has 2 rings (SSSR count). The van der Waals surface area contributed by atoms with Crippen molar-refractivity contribution in [3.8, 4) is 6.07 Å². The SMILES string of the molecule is N#CC=C(Nc1cccnc1)NC(NC(=O)c1ccc(Cl)cc1)C(Cl)(Cl)Cl. The van der Waals surface area contributed by atoms with Crippen LogP contribution in [0.2, 0.25) is 5.02 Å². The number of alkyl halides is 3. The van der Waals surface area contributed by atoms with E-state index >= 15 is 0 Å². The molecule has 1 amide bonds. The minimum Gasteiger partial charge on any atom is -0.347 e. The summed E-state index contributed by atoms with van der Waals surface area (Å²) in [5.74, 6) is -0.286. The van der Waals surface area contributed by atoms with Crippen LogP contribution in [0.5, 0.6) is 0 Å². The molecule has 0 saturated carbocycles. The fourth-order valence-electron chi connectivity index (χ4n) is 1.94. The smallest absolute Gasteiger partial charge is 0.252 e. The Morgan fingerprint density at radius 2 is 1.89 bits per heavy atom. The maximum absolute atomic E-state index is 12.4. The molecule has 0 fully saturated rings. The molecule has 1 aromatic carbocycles. The van der Waals surface area contributed by atoms with Crippen LogP contribution in [0.1, 0.15) is 10.4 Å². The fourth-order valence-corrected chi connectivity index (χ4v) is 2.39. The summed E-state index contributed by atoms with van der Waals surface area (Å²) in [7, 11) is 0. The molecule has 10 heteroatoms. The third-order valence-corrected chi connectivity index (χ3v) is 4.07. The second kappa shape index (κ2) is 9.67. The summed E-state index contributed by atoms with van der Waals surface area (Å²) in [5, 5.41) is 17.8. The van der Waals surface area contributed by atoms with E-state index in [9.17, 15) is 4.79 Å².